The van der Waals surface area contributed by atoms with E-state index in [0.717, 1.165) is 13.2 Å². The second-order valence-corrected chi connectivity index (χ2v) is 7.63. The summed E-state index contributed by atoms with van der Waals surface area (Å²) in [5, 5.41) is -0.609. The summed E-state index contributed by atoms with van der Waals surface area (Å²) in [5.41, 5.74) is -0.714. The van der Waals surface area contributed by atoms with Crippen molar-refractivity contribution in [3.05, 3.63) is 64.3 Å². The molecule has 1 aromatic carbocycles. The average Bonchev–Trinajstić information content (AvgIpc) is 3.25. The van der Waals surface area contributed by atoms with Gasteiger partial charge >= 0.3 is 18.1 Å². The fourth-order valence-corrected chi connectivity index (χ4v) is 4.19. The van der Waals surface area contributed by atoms with Gasteiger partial charge in [0.25, 0.3) is 0 Å². The largest absolute Gasteiger partial charge is 0.466 e. The van der Waals surface area contributed by atoms with E-state index in [0.29, 0.717) is 0 Å². The molecule has 0 radical (unpaired) electrons. The van der Waals surface area contributed by atoms with Gasteiger partial charge in [-0.1, -0.05) is 23.7 Å². The zero-order valence-electron chi connectivity index (χ0n) is 18.0. The number of imidazole rings is 1. The standard InChI is InChI=1S/C22H21ClF3N3O4/c1-4-33-21(31)16-12(2)28-15(10-29-9-8-27-11-29)18(20(30)32-3)17(16)13-6-5-7-14(19(13)23)22(24,25)26/h5-9,11,16-17H,4,10H2,1-3H3. The van der Waals surface area contributed by atoms with E-state index in [4.69, 9.17) is 21.1 Å². The number of alkyl halides is 3. The van der Waals surface area contributed by atoms with E-state index in [1.54, 1.807) is 24.6 Å². The third-order valence-electron chi connectivity index (χ3n) is 5.22. The minimum atomic E-state index is -4.74. The summed E-state index contributed by atoms with van der Waals surface area (Å²) in [4.78, 5) is 34.2. The highest BCUT2D eigenvalue weighted by Crippen LogP contribution is 2.46. The van der Waals surface area contributed by atoms with Crippen LogP contribution >= 0.6 is 11.6 Å². The number of allylic oxidation sites excluding steroid dienone is 1. The molecule has 2 unspecified atom stereocenters. The number of hydrogen-bond acceptors (Lipinski definition) is 6. The van der Waals surface area contributed by atoms with Crippen molar-refractivity contribution in [2.24, 2.45) is 10.9 Å². The number of hydrogen-bond donors (Lipinski definition) is 0. The minimum absolute atomic E-state index is 0.0326. The van der Waals surface area contributed by atoms with E-state index >= 15 is 0 Å². The Morgan fingerprint density at radius 3 is 2.58 bits per heavy atom. The van der Waals surface area contributed by atoms with Crippen LogP contribution in [0.4, 0.5) is 13.2 Å². The van der Waals surface area contributed by atoms with Crippen LogP contribution in [-0.4, -0.2) is 40.9 Å². The monoisotopic (exact) mass is 483 g/mol. The first-order chi connectivity index (χ1) is 15.6. The number of esters is 2. The molecule has 1 aliphatic heterocycles. The zero-order valence-corrected chi connectivity index (χ0v) is 18.8. The molecule has 1 aliphatic rings. The molecule has 2 aromatic rings. The quantitative estimate of drug-likeness (QED) is 0.568. The number of benzene rings is 1. The number of ether oxygens (including phenoxy) is 2. The molecule has 7 nitrogen and oxygen atoms in total. The summed E-state index contributed by atoms with van der Waals surface area (Å²) in [6, 6.07) is 3.37. The maximum absolute atomic E-state index is 13.6. The Hall–Kier alpha value is -3.14. The minimum Gasteiger partial charge on any atom is -0.466 e. The summed E-state index contributed by atoms with van der Waals surface area (Å²) < 4.78 is 52.5. The van der Waals surface area contributed by atoms with Crippen LogP contribution in [-0.2, 0) is 31.8 Å². The predicted octanol–water partition coefficient (Wildman–Crippen LogP) is 4.42. The molecule has 0 spiro atoms. The van der Waals surface area contributed by atoms with E-state index in [1.807, 2.05) is 0 Å². The highest BCUT2D eigenvalue weighted by molar-refractivity contribution is 6.32. The van der Waals surface area contributed by atoms with E-state index < -0.39 is 40.5 Å². The first-order valence-corrected chi connectivity index (χ1v) is 10.3. The van der Waals surface area contributed by atoms with Crippen LogP contribution in [0.15, 0.2) is 53.2 Å². The molecule has 33 heavy (non-hydrogen) atoms. The average molecular weight is 484 g/mol. The fraction of sp³-hybridized carbons (Fsp3) is 0.364. The third-order valence-corrected chi connectivity index (χ3v) is 5.64. The smallest absolute Gasteiger partial charge is 0.417 e. The molecule has 0 fully saturated rings. The van der Waals surface area contributed by atoms with E-state index in [1.165, 1.54) is 24.7 Å². The van der Waals surface area contributed by atoms with Gasteiger partial charge < -0.3 is 14.0 Å². The Morgan fingerprint density at radius 1 is 1.27 bits per heavy atom. The molecule has 176 valence electrons. The second-order valence-electron chi connectivity index (χ2n) is 7.25. The predicted molar refractivity (Wildman–Crippen MR) is 114 cm³/mol. The van der Waals surface area contributed by atoms with Crippen molar-refractivity contribution in [3.63, 3.8) is 0 Å². The topological polar surface area (TPSA) is 82.8 Å². The fourth-order valence-electron chi connectivity index (χ4n) is 3.84. The summed E-state index contributed by atoms with van der Waals surface area (Å²) >= 11 is 6.22. The first kappa shape index (κ1) is 24.5. The lowest BCUT2D eigenvalue weighted by atomic mass is 9.75. The van der Waals surface area contributed by atoms with Crippen LogP contribution in [0.25, 0.3) is 0 Å². The highest BCUT2D eigenvalue weighted by Gasteiger charge is 2.45. The van der Waals surface area contributed by atoms with Gasteiger partial charge in [-0.3, -0.25) is 9.79 Å². The van der Waals surface area contributed by atoms with E-state index in [2.05, 4.69) is 9.98 Å². The van der Waals surface area contributed by atoms with Crippen LogP contribution in [0.5, 0.6) is 0 Å². The highest BCUT2D eigenvalue weighted by atomic mass is 35.5. The number of aliphatic imine (C=N–C) groups is 1. The van der Waals surface area contributed by atoms with Crippen LogP contribution in [0.2, 0.25) is 5.02 Å². The number of rotatable bonds is 6. The molecular weight excluding hydrogens is 463 g/mol. The summed E-state index contributed by atoms with van der Waals surface area (Å²) in [5.74, 6) is -3.96. The number of nitrogens with zero attached hydrogens (tertiary/aromatic N) is 3. The molecule has 0 amide bonds. The molecule has 2 heterocycles. The molecule has 2 atom stereocenters. The molecular formula is C22H21ClF3N3O4. The Labute approximate surface area is 192 Å². The van der Waals surface area contributed by atoms with Crippen molar-refractivity contribution < 1.29 is 32.2 Å². The van der Waals surface area contributed by atoms with Crippen molar-refractivity contribution in [3.8, 4) is 0 Å². The summed E-state index contributed by atoms with van der Waals surface area (Å²) in [7, 11) is 1.14. The van der Waals surface area contributed by atoms with Crippen LogP contribution in [0, 0.1) is 5.92 Å². The van der Waals surface area contributed by atoms with Crippen molar-refractivity contribution in [1.82, 2.24) is 9.55 Å². The molecule has 0 saturated carbocycles. The summed E-state index contributed by atoms with van der Waals surface area (Å²) in [6.45, 7) is 3.26. The van der Waals surface area contributed by atoms with Gasteiger partial charge in [0.1, 0.15) is 5.92 Å². The summed E-state index contributed by atoms with van der Waals surface area (Å²) in [6.07, 6.45) is -0.0770. The molecule has 3 rings (SSSR count). The zero-order chi connectivity index (χ0) is 24.3. The second kappa shape index (κ2) is 9.78. The van der Waals surface area contributed by atoms with Crippen molar-refractivity contribution in [2.45, 2.75) is 32.5 Å². The van der Waals surface area contributed by atoms with E-state index in [9.17, 15) is 22.8 Å². The molecule has 0 aliphatic carbocycles. The van der Waals surface area contributed by atoms with Crippen molar-refractivity contribution >= 4 is 29.3 Å². The van der Waals surface area contributed by atoms with Crippen LogP contribution in [0.1, 0.15) is 30.9 Å². The molecule has 0 saturated heterocycles. The van der Waals surface area contributed by atoms with Crippen LogP contribution in [0.3, 0.4) is 0 Å². The Morgan fingerprint density at radius 2 is 2.00 bits per heavy atom. The Balaban J connectivity index is 2.30. The van der Waals surface area contributed by atoms with Gasteiger partial charge in [0.2, 0.25) is 0 Å². The van der Waals surface area contributed by atoms with Gasteiger partial charge in [-0.2, -0.15) is 13.2 Å². The number of aromatic nitrogens is 2. The lowest BCUT2D eigenvalue weighted by Crippen LogP contribution is -2.37. The lowest BCUT2D eigenvalue weighted by Gasteiger charge is -2.33. The number of methoxy groups -OCH3 is 1. The van der Waals surface area contributed by atoms with Gasteiger partial charge in [0.15, 0.2) is 0 Å². The number of carbonyl (C=O) groups excluding carboxylic acids is 2. The third kappa shape index (κ3) is 4.95. The van der Waals surface area contributed by atoms with Crippen LogP contribution < -0.4 is 0 Å². The number of halogens is 4. The van der Waals surface area contributed by atoms with Gasteiger partial charge in [-0.05, 0) is 25.5 Å². The van der Waals surface area contributed by atoms with Crippen molar-refractivity contribution in [1.29, 1.82) is 0 Å². The lowest BCUT2D eigenvalue weighted by molar-refractivity contribution is -0.146. The molecule has 1 aromatic heterocycles. The SMILES string of the molecule is CCOC(=O)C1C(C)=NC(Cn2ccnc2)=C(C(=O)OC)C1c1cccc(C(F)(F)F)c1Cl. The Kier molecular flexibility index (Phi) is 7.26. The maximum Gasteiger partial charge on any atom is 0.417 e. The van der Waals surface area contributed by atoms with Gasteiger partial charge in [0.05, 0.1) is 48.4 Å². The van der Waals surface area contributed by atoms with E-state index in [-0.39, 0.29) is 35.7 Å². The molecule has 0 N–H and O–H groups in total. The maximum atomic E-state index is 13.6. The van der Waals surface area contributed by atoms with Gasteiger partial charge in [-0.25, -0.2) is 9.78 Å². The first-order valence-electron chi connectivity index (χ1n) is 9.94. The van der Waals surface area contributed by atoms with Crippen molar-refractivity contribution in [2.75, 3.05) is 13.7 Å². The molecule has 0 bridgehead atoms. The normalized spacial score (nSPS) is 18.7. The number of carbonyl (C=O) groups is 2. The van der Waals surface area contributed by atoms with Gasteiger partial charge in [-0.15, -0.1) is 0 Å². The Bertz CT molecular complexity index is 1110. The molecule has 11 heteroatoms. The van der Waals surface area contributed by atoms with Gasteiger partial charge in [0, 0.05) is 24.0 Å².